The number of carbonyl (C=O) groups excluding carboxylic acids is 1. The number of halogens is 15. The van der Waals surface area contributed by atoms with Crippen molar-refractivity contribution in [1.29, 1.82) is 0 Å². The molecule has 0 aromatic heterocycles. The predicted molar refractivity (Wildman–Crippen MR) is 82.3 cm³/mol. The molecule has 0 fully saturated rings. The Hall–Kier alpha value is -1.03. The number of carbonyl (C=O) groups is 1. The summed E-state index contributed by atoms with van der Waals surface area (Å²) >= 11 is 0. The molecule has 0 aliphatic carbocycles. The molecule has 1 unspecified atom stereocenters. The average molecular weight is 546 g/mol. The Morgan fingerprint density at radius 2 is 1.00 bits per heavy atom. The molecule has 0 aromatic carbocycles. The van der Waals surface area contributed by atoms with Gasteiger partial charge < -0.3 is 9.38 Å². The van der Waals surface area contributed by atoms with Crippen molar-refractivity contribution in [1.82, 2.24) is 0 Å². The van der Waals surface area contributed by atoms with Crippen molar-refractivity contribution in [2.45, 2.75) is 48.1 Å². The van der Waals surface area contributed by atoms with Crippen LogP contribution in [0.2, 0.25) is 0 Å². The summed E-state index contributed by atoms with van der Waals surface area (Å²) in [6, 6.07) is 0. The summed E-state index contributed by atoms with van der Waals surface area (Å²) in [5.41, 5.74) is -1.25. The second kappa shape index (κ2) is 8.88. The number of hydrogen-bond donors (Lipinski definition) is 1. The molecule has 0 bridgehead atoms. The normalized spacial score (nSPS) is 16.7. The Bertz CT molecular complexity index is 714. The lowest BCUT2D eigenvalue weighted by Gasteiger charge is -2.41. The predicted octanol–water partition coefficient (Wildman–Crippen LogP) is 5.37. The lowest BCUT2D eigenvalue weighted by Crippen LogP contribution is -2.72. The van der Waals surface area contributed by atoms with E-state index < -0.39 is 74.5 Å². The van der Waals surface area contributed by atoms with Crippen LogP contribution < -0.4 is 0 Å². The molecule has 0 aliphatic rings. The minimum Gasteiger partial charge on any atom is -0.366 e. The summed E-state index contributed by atoms with van der Waals surface area (Å²) in [5.74, 6) is -46.9. The summed E-state index contributed by atoms with van der Waals surface area (Å²) in [6.07, 6.45) is -12.1. The van der Waals surface area contributed by atoms with Crippen LogP contribution in [0.25, 0.3) is 0 Å². The highest BCUT2D eigenvalue weighted by atomic mass is 31.1. The van der Waals surface area contributed by atoms with Crippen LogP contribution >= 0.6 is 8.15 Å². The van der Waals surface area contributed by atoms with E-state index in [0.717, 1.165) is 0 Å². The van der Waals surface area contributed by atoms with Crippen molar-refractivity contribution in [3.05, 3.63) is 0 Å². The summed E-state index contributed by atoms with van der Waals surface area (Å²) < 4.78 is 196. The van der Waals surface area contributed by atoms with Crippen LogP contribution in [-0.4, -0.2) is 90.5 Å². The van der Waals surface area contributed by atoms with Gasteiger partial charge in [-0.2, -0.15) is 65.9 Å². The van der Waals surface area contributed by atoms with Crippen LogP contribution in [0.1, 0.15) is 6.42 Å². The smallest absolute Gasteiger partial charge is 0.366 e. The molecule has 1 atom stereocenters. The van der Waals surface area contributed by atoms with Gasteiger partial charge in [-0.15, -0.1) is 0 Å². The van der Waals surface area contributed by atoms with Crippen LogP contribution in [0, 0.1) is 0 Å². The first-order valence-corrected chi connectivity index (χ1v) is 9.62. The Morgan fingerprint density at radius 3 is 1.33 bits per heavy atom. The number of hydrogen-bond acceptors (Lipinski definition) is 2. The first-order valence-electron chi connectivity index (χ1n) is 8.14. The van der Waals surface area contributed by atoms with Crippen molar-refractivity contribution >= 4 is 13.7 Å². The third-order valence-electron chi connectivity index (χ3n) is 3.93. The molecule has 1 N–H and O–H groups in total. The van der Waals surface area contributed by atoms with E-state index in [9.17, 15) is 75.5 Å². The van der Waals surface area contributed by atoms with Gasteiger partial charge in [-0.25, -0.2) is 0 Å². The molecule has 0 saturated heterocycles. The second-order valence-corrected chi connectivity index (χ2v) is 9.53. The van der Waals surface area contributed by atoms with Crippen molar-refractivity contribution in [2.75, 3.05) is 33.8 Å². The molecule has 0 amide bonds. The van der Waals surface area contributed by atoms with E-state index in [1.807, 2.05) is 0 Å². The largest absolute Gasteiger partial charge is 0.460 e. The molecule has 0 saturated carbocycles. The van der Waals surface area contributed by atoms with E-state index in [-0.39, 0.29) is 4.48 Å². The van der Waals surface area contributed by atoms with Gasteiger partial charge in [0.2, 0.25) is 5.52 Å². The van der Waals surface area contributed by atoms with Crippen LogP contribution in [0.3, 0.4) is 0 Å². The zero-order chi connectivity index (χ0) is 27.3. The summed E-state index contributed by atoms with van der Waals surface area (Å²) in [4.78, 5) is 21.0. The van der Waals surface area contributed by atoms with Crippen LogP contribution in [0.15, 0.2) is 0 Å². The van der Waals surface area contributed by atoms with Gasteiger partial charge >= 0.3 is 41.7 Å². The SMILES string of the molecule is C[N+](C)(C)CC(=O)P(O)CCC(F)(F)C(F)(F)C(F)(F)C(F)(F)C(F)(F)C(F)(F)C(F)(F)F. The van der Waals surface area contributed by atoms with Gasteiger partial charge in [-0.1, -0.05) is 0 Å². The van der Waals surface area contributed by atoms with E-state index in [1.54, 1.807) is 0 Å². The second-order valence-electron chi connectivity index (χ2n) is 7.79. The number of nitrogens with zero attached hydrogens (tertiary/aromatic N) is 1. The van der Waals surface area contributed by atoms with Crippen molar-refractivity contribution < 1.29 is 80.0 Å². The number of rotatable bonds is 11. The van der Waals surface area contributed by atoms with Gasteiger partial charge in [-0.05, 0) is 0 Å². The zero-order valence-corrected chi connectivity index (χ0v) is 17.4. The average Bonchev–Trinajstić information content (AvgIpc) is 2.56. The van der Waals surface area contributed by atoms with Crippen molar-refractivity contribution in [3.8, 4) is 0 Å². The Kier molecular flexibility index (Phi) is 8.60. The van der Waals surface area contributed by atoms with Crippen LogP contribution in [0.4, 0.5) is 65.9 Å². The van der Waals surface area contributed by atoms with E-state index in [2.05, 4.69) is 0 Å². The van der Waals surface area contributed by atoms with Gasteiger partial charge in [0.05, 0.1) is 21.1 Å². The molecule has 198 valence electrons. The van der Waals surface area contributed by atoms with Gasteiger partial charge in [0.15, 0.2) is 0 Å². The quantitative estimate of drug-likeness (QED) is 0.215. The van der Waals surface area contributed by atoms with Crippen LogP contribution in [-0.2, 0) is 4.79 Å². The molecule has 0 spiro atoms. The van der Waals surface area contributed by atoms with E-state index >= 15 is 0 Å². The van der Waals surface area contributed by atoms with E-state index in [1.165, 1.54) is 21.1 Å². The van der Waals surface area contributed by atoms with Gasteiger partial charge in [0, 0.05) is 12.6 Å². The van der Waals surface area contributed by atoms with E-state index in [0.29, 0.717) is 0 Å². The summed E-state index contributed by atoms with van der Waals surface area (Å²) in [5, 5.41) is 0. The molecule has 0 rings (SSSR count). The summed E-state index contributed by atoms with van der Waals surface area (Å²) in [6.45, 7) is -0.600. The van der Waals surface area contributed by atoms with Gasteiger partial charge in [0.25, 0.3) is 0 Å². The molecule has 0 aromatic rings. The highest BCUT2D eigenvalue weighted by Gasteiger charge is 2.93. The van der Waals surface area contributed by atoms with Gasteiger partial charge in [0.1, 0.15) is 14.7 Å². The number of alkyl halides is 15. The maximum Gasteiger partial charge on any atom is 0.460 e. The maximum absolute atomic E-state index is 13.7. The third-order valence-corrected chi connectivity index (χ3v) is 5.29. The monoisotopic (exact) mass is 546 g/mol. The highest BCUT2D eigenvalue weighted by molar-refractivity contribution is 7.69. The van der Waals surface area contributed by atoms with Crippen molar-refractivity contribution in [3.63, 3.8) is 0 Å². The fourth-order valence-corrected chi connectivity index (χ4v) is 3.34. The standard InChI is InChI=1S/C14H16F15NO2P/c1-30(2,3)6-7(31)33(32)5-4-8(15,16)9(17,18)10(19,20)11(21,22)12(23,24)13(25,26)14(27,28)29/h32H,4-6H2,1-3H3/q+1. The Balaban J connectivity index is 6.06. The van der Waals surface area contributed by atoms with Gasteiger partial charge in [-0.3, -0.25) is 4.79 Å². The Labute approximate surface area is 176 Å². The molecule has 0 heterocycles. The van der Waals surface area contributed by atoms with Crippen LogP contribution in [0.5, 0.6) is 0 Å². The molecular weight excluding hydrogens is 530 g/mol. The highest BCUT2D eigenvalue weighted by Crippen LogP contribution is 2.62. The lowest BCUT2D eigenvalue weighted by atomic mass is 9.90. The summed E-state index contributed by atoms with van der Waals surface area (Å²) in [7, 11) is 0.755. The fourth-order valence-electron chi connectivity index (χ4n) is 2.01. The first-order chi connectivity index (χ1) is 14.0. The minimum absolute atomic E-state index is 0.239. The molecule has 0 aliphatic heterocycles. The molecule has 19 heteroatoms. The molecule has 0 radical (unpaired) electrons. The third kappa shape index (κ3) is 5.63. The number of likely N-dealkylation sites (N-methyl/N-ethyl adjacent to an activating group) is 1. The van der Waals surface area contributed by atoms with E-state index in [4.69, 9.17) is 0 Å². The maximum atomic E-state index is 13.7. The fraction of sp³-hybridized carbons (Fsp3) is 0.929. The topological polar surface area (TPSA) is 37.3 Å². The Morgan fingerprint density at radius 1 is 0.667 bits per heavy atom. The van der Waals surface area contributed by atoms with Crippen molar-refractivity contribution in [2.24, 2.45) is 0 Å². The molecule has 3 nitrogen and oxygen atoms in total. The lowest BCUT2D eigenvalue weighted by molar-refractivity contribution is -0.861. The molecule has 33 heavy (non-hydrogen) atoms. The first kappa shape index (κ1) is 32.0. The minimum atomic E-state index is -8.35. The molecular formula is C14H16F15NO2P+. The number of quaternary nitrogens is 1. The zero-order valence-electron chi connectivity index (χ0n) is 16.5.